The van der Waals surface area contributed by atoms with E-state index in [2.05, 4.69) is 17.3 Å². The number of ether oxygens (including phenoxy) is 4. The quantitative estimate of drug-likeness (QED) is 0.0877. The molecule has 49 heavy (non-hydrogen) atoms. The molecule has 1 fully saturated rings. The number of carbonyl (C=O) groups excluding carboxylic acids is 2. The minimum atomic E-state index is -0.838. The molecule has 3 heterocycles. The Balaban J connectivity index is 1.30. The highest BCUT2D eigenvalue weighted by atomic mass is 35.5. The summed E-state index contributed by atoms with van der Waals surface area (Å²) in [5.41, 5.74) is 1.86. The Kier molecular flexibility index (Phi) is 12.8. The number of nitrogens with one attached hydrogen (secondary N) is 1. The Hall–Kier alpha value is -3.87. The van der Waals surface area contributed by atoms with E-state index in [1.807, 2.05) is 36.4 Å². The second kappa shape index (κ2) is 17.2. The largest absolute Gasteiger partial charge is 0.619 e. The topological polar surface area (TPSA) is 113 Å². The van der Waals surface area contributed by atoms with Gasteiger partial charge in [-0.05, 0) is 61.8 Å². The number of esters is 2. The van der Waals surface area contributed by atoms with Gasteiger partial charge in [-0.3, -0.25) is 5.32 Å². The molecule has 0 spiro atoms. The summed E-state index contributed by atoms with van der Waals surface area (Å²) >= 11 is 14.0. The lowest BCUT2D eigenvalue weighted by Crippen LogP contribution is -2.36. The van der Waals surface area contributed by atoms with Crippen LogP contribution < -0.4 is 19.5 Å². The number of likely N-dealkylation sites (tertiary alicyclic amines) is 1. The number of benzene rings is 2. The van der Waals surface area contributed by atoms with Gasteiger partial charge in [0.05, 0.1) is 20.8 Å². The van der Waals surface area contributed by atoms with E-state index in [4.69, 9.17) is 42.1 Å². The lowest BCUT2D eigenvalue weighted by Gasteiger charge is -2.29. The molecule has 3 atom stereocenters. The van der Waals surface area contributed by atoms with Gasteiger partial charge in [0.15, 0.2) is 23.9 Å². The molecule has 2 aromatic heterocycles. The Morgan fingerprint density at radius 2 is 1.76 bits per heavy atom. The third-order valence-corrected chi connectivity index (χ3v) is 10.1. The second-order valence-corrected chi connectivity index (χ2v) is 13.9. The Morgan fingerprint density at radius 3 is 2.45 bits per heavy atom. The van der Waals surface area contributed by atoms with Gasteiger partial charge in [-0.15, -0.1) is 11.3 Å². The molecule has 1 N–H and O–H groups in total. The number of methoxy groups -OCH3 is 2. The van der Waals surface area contributed by atoms with Crippen LogP contribution in [0, 0.1) is 11.1 Å². The van der Waals surface area contributed by atoms with E-state index in [1.165, 1.54) is 38.0 Å². The standard InChI is InChI=1S/C36H39Cl2N3O7S/c1-40-15-7-8-23(19-40)22-47-36(43)34(24-9-5-4-6-10-24)39-18-26-12-14-33(49-26)35(42)48-31(17-27-28(37)20-41(44)21-29(27)38)25-11-13-30(45-2)32(16-25)46-3/h4-6,9-14,16,20-21,23,31,34,39H,7-8,15,17-19,22H2,1-3H3/t23-,31?,34?/m0/s1. The molecule has 0 bridgehead atoms. The van der Waals surface area contributed by atoms with Crippen LogP contribution in [0.5, 0.6) is 11.5 Å². The third kappa shape index (κ3) is 9.64. The number of piperidine rings is 1. The summed E-state index contributed by atoms with van der Waals surface area (Å²) in [6.07, 6.45) is 3.77. The first kappa shape index (κ1) is 36.4. The predicted octanol–water partition coefficient (Wildman–Crippen LogP) is 6.56. The van der Waals surface area contributed by atoms with Gasteiger partial charge in [-0.1, -0.05) is 59.6 Å². The van der Waals surface area contributed by atoms with Crippen LogP contribution >= 0.6 is 34.5 Å². The Labute approximate surface area is 300 Å². The van der Waals surface area contributed by atoms with E-state index in [0.717, 1.165) is 36.4 Å². The molecule has 1 aliphatic rings. The number of aromatic nitrogens is 1. The number of thiophene rings is 1. The molecule has 2 unspecified atom stereocenters. The van der Waals surface area contributed by atoms with Crippen LogP contribution in [0.3, 0.4) is 0 Å². The molecule has 2 aromatic carbocycles. The average Bonchev–Trinajstić information content (AvgIpc) is 3.58. The molecule has 1 aliphatic heterocycles. The number of pyridine rings is 1. The zero-order valence-corrected chi connectivity index (χ0v) is 29.9. The first-order valence-electron chi connectivity index (χ1n) is 15.9. The SMILES string of the molecule is COc1ccc(C(Cc2c(Cl)c[n+]([O-])cc2Cl)OC(=O)c2ccc(CNC(C(=O)OC[C@H]3CCCN(C)C3)c3ccccc3)s2)cc1OC. The molecule has 13 heteroatoms. The van der Waals surface area contributed by atoms with Crippen LogP contribution in [0.1, 0.15) is 56.2 Å². The fourth-order valence-electron chi connectivity index (χ4n) is 5.84. The van der Waals surface area contributed by atoms with Crippen molar-refractivity contribution < 1.29 is 33.3 Å². The van der Waals surface area contributed by atoms with Crippen molar-refractivity contribution in [1.29, 1.82) is 0 Å². The van der Waals surface area contributed by atoms with Crippen molar-refractivity contribution >= 4 is 46.5 Å². The van der Waals surface area contributed by atoms with Gasteiger partial charge < -0.3 is 29.1 Å². The van der Waals surface area contributed by atoms with Crippen molar-refractivity contribution in [3.63, 3.8) is 0 Å². The highest BCUT2D eigenvalue weighted by Gasteiger charge is 2.27. The smallest absolute Gasteiger partial charge is 0.348 e. The normalized spacial score (nSPS) is 16.1. The number of rotatable bonds is 14. The van der Waals surface area contributed by atoms with Gasteiger partial charge in [0.2, 0.25) is 0 Å². The number of halogens is 2. The van der Waals surface area contributed by atoms with E-state index in [-0.39, 0.29) is 22.4 Å². The summed E-state index contributed by atoms with van der Waals surface area (Å²) in [6, 6.07) is 17.5. The van der Waals surface area contributed by atoms with E-state index in [0.29, 0.717) is 51.3 Å². The molecule has 0 amide bonds. The first-order valence-corrected chi connectivity index (χ1v) is 17.4. The summed E-state index contributed by atoms with van der Waals surface area (Å²) in [5.74, 6) is 0.369. The highest BCUT2D eigenvalue weighted by Crippen LogP contribution is 2.36. The summed E-state index contributed by atoms with van der Waals surface area (Å²) in [5, 5.41) is 15.5. The lowest BCUT2D eigenvalue weighted by atomic mass is 9.99. The van der Waals surface area contributed by atoms with Crippen molar-refractivity contribution in [2.45, 2.75) is 38.0 Å². The van der Waals surface area contributed by atoms with Gasteiger partial charge in [0, 0.05) is 35.9 Å². The minimum absolute atomic E-state index is 0.0948. The van der Waals surface area contributed by atoms with Gasteiger partial charge in [0.1, 0.15) is 27.1 Å². The molecule has 260 valence electrons. The summed E-state index contributed by atoms with van der Waals surface area (Å²) < 4.78 is 23.2. The van der Waals surface area contributed by atoms with Crippen LogP contribution in [0.25, 0.3) is 0 Å². The van der Waals surface area contributed by atoms with Gasteiger partial charge in [0.25, 0.3) is 0 Å². The fraction of sp³-hybridized carbons (Fsp3) is 0.361. The van der Waals surface area contributed by atoms with E-state index >= 15 is 0 Å². The maximum absolute atomic E-state index is 13.6. The Morgan fingerprint density at radius 1 is 1.02 bits per heavy atom. The van der Waals surface area contributed by atoms with E-state index in [9.17, 15) is 14.8 Å². The molecule has 5 rings (SSSR count). The summed E-state index contributed by atoms with van der Waals surface area (Å²) in [4.78, 5) is 30.4. The molecular formula is C36H39Cl2N3O7S. The number of hydrogen-bond donors (Lipinski definition) is 1. The molecular weight excluding hydrogens is 689 g/mol. The van der Waals surface area contributed by atoms with Gasteiger partial charge in [-0.2, -0.15) is 4.73 Å². The van der Waals surface area contributed by atoms with Crippen molar-refractivity contribution in [1.82, 2.24) is 10.2 Å². The van der Waals surface area contributed by atoms with Crippen molar-refractivity contribution in [3.8, 4) is 11.5 Å². The lowest BCUT2D eigenvalue weighted by molar-refractivity contribution is -0.605. The maximum atomic E-state index is 13.6. The predicted molar refractivity (Wildman–Crippen MR) is 188 cm³/mol. The molecule has 0 saturated carbocycles. The number of nitrogens with zero attached hydrogens (tertiary/aromatic N) is 2. The van der Waals surface area contributed by atoms with Crippen LogP contribution in [0.2, 0.25) is 10.0 Å². The molecule has 0 aliphatic carbocycles. The van der Waals surface area contributed by atoms with Gasteiger partial charge in [-0.25, -0.2) is 9.59 Å². The van der Waals surface area contributed by atoms with Crippen LogP contribution in [-0.4, -0.2) is 57.8 Å². The van der Waals surface area contributed by atoms with Crippen molar-refractivity contribution in [2.75, 3.05) is 41.0 Å². The monoisotopic (exact) mass is 727 g/mol. The first-order chi connectivity index (χ1) is 23.6. The number of carbonyl (C=O) groups is 2. The summed E-state index contributed by atoms with van der Waals surface area (Å²) in [7, 11) is 5.13. The highest BCUT2D eigenvalue weighted by molar-refractivity contribution is 7.13. The molecule has 0 radical (unpaired) electrons. The zero-order valence-electron chi connectivity index (χ0n) is 27.5. The minimum Gasteiger partial charge on any atom is -0.619 e. The van der Waals surface area contributed by atoms with Crippen molar-refractivity contribution in [3.05, 3.63) is 115 Å². The second-order valence-electron chi connectivity index (χ2n) is 11.9. The average molecular weight is 729 g/mol. The third-order valence-electron chi connectivity index (χ3n) is 8.37. The van der Waals surface area contributed by atoms with Gasteiger partial charge >= 0.3 is 11.9 Å². The molecule has 10 nitrogen and oxygen atoms in total. The molecule has 4 aromatic rings. The molecule has 1 saturated heterocycles. The fourth-order valence-corrected chi connectivity index (χ4v) is 7.28. The Bertz CT molecular complexity index is 1720. The van der Waals surface area contributed by atoms with Crippen LogP contribution in [0.4, 0.5) is 0 Å². The van der Waals surface area contributed by atoms with E-state index in [1.54, 1.807) is 24.3 Å². The van der Waals surface area contributed by atoms with Crippen LogP contribution in [0.15, 0.2) is 73.1 Å². The maximum Gasteiger partial charge on any atom is 0.348 e. The zero-order chi connectivity index (χ0) is 34.9. The van der Waals surface area contributed by atoms with E-state index < -0.39 is 18.1 Å². The number of hydrogen-bond acceptors (Lipinski definition) is 10. The summed E-state index contributed by atoms with van der Waals surface area (Å²) in [6.45, 7) is 2.66. The van der Waals surface area contributed by atoms with Crippen molar-refractivity contribution in [2.24, 2.45) is 5.92 Å². The van der Waals surface area contributed by atoms with Crippen LogP contribution in [-0.2, 0) is 27.2 Å².